The quantitative estimate of drug-likeness (QED) is 0.368. The van der Waals surface area contributed by atoms with E-state index >= 15 is 0 Å². The molecule has 0 amide bonds. The first-order valence-electron chi connectivity index (χ1n) is 3.50. The van der Waals surface area contributed by atoms with E-state index in [0.29, 0.717) is 9.26 Å². The SMILES string of the molecule is COC(=O)c1c(Cl)cc(N)c(I)c1Cl. The largest absolute Gasteiger partial charge is 0.465 e. The molecule has 0 heterocycles. The first kappa shape index (κ1) is 11.9. The van der Waals surface area contributed by atoms with E-state index < -0.39 is 5.97 Å². The zero-order chi connectivity index (χ0) is 10.9. The molecule has 0 saturated carbocycles. The number of esters is 1. The smallest absolute Gasteiger partial charge is 0.340 e. The van der Waals surface area contributed by atoms with E-state index in [1.54, 1.807) is 0 Å². The van der Waals surface area contributed by atoms with Gasteiger partial charge in [-0.2, -0.15) is 0 Å². The van der Waals surface area contributed by atoms with Gasteiger partial charge in [0.25, 0.3) is 0 Å². The number of hydrogen-bond acceptors (Lipinski definition) is 3. The molecular formula is C8H6Cl2INO2. The summed E-state index contributed by atoms with van der Waals surface area (Å²) in [6.07, 6.45) is 0. The summed E-state index contributed by atoms with van der Waals surface area (Å²) in [7, 11) is 1.26. The lowest BCUT2D eigenvalue weighted by atomic mass is 10.2. The van der Waals surface area contributed by atoms with Crippen LogP contribution in [0.1, 0.15) is 10.4 Å². The topological polar surface area (TPSA) is 52.3 Å². The molecule has 0 atom stereocenters. The van der Waals surface area contributed by atoms with Crippen LogP contribution >= 0.6 is 45.8 Å². The predicted molar refractivity (Wildman–Crippen MR) is 64.9 cm³/mol. The molecule has 0 fully saturated rings. The Hall–Kier alpha value is -0.200. The van der Waals surface area contributed by atoms with Gasteiger partial charge in [0.1, 0.15) is 0 Å². The summed E-state index contributed by atoms with van der Waals surface area (Å²) < 4.78 is 5.13. The van der Waals surface area contributed by atoms with E-state index in [0.717, 1.165) is 0 Å². The Balaban J connectivity index is 3.44. The van der Waals surface area contributed by atoms with Gasteiger partial charge in [-0.25, -0.2) is 4.79 Å². The minimum absolute atomic E-state index is 0.148. The standard InChI is InChI=1S/C8H6Cl2INO2/c1-14-8(13)5-3(9)2-4(12)7(11)6(5)10/h2H,12H2,1H3. The molecule has 2 N–H and O–H groups in total. The van der Waals surface area contributed by atoms with Gasteiger partial charge in [-0.05, 0) is 28.7 Å². The average molecular weight is 346 g/mol. The van der Waals surface area contributed by atoms with Crippen LogP contribution in [0.2, 0.25) is 10.0 Å². The van der Waals surface area contributed by atoms with Crippen molar-refractivity contribution in [3.8, 4) is 0 Å². The second kappa shape index (κ2) is 4.55. The highest BCUT2D eigenvalue weighted by Gasteiger charge is 2.19. The Bertz CT molecular complexity index is 395. The molecule has 0 bridgehead atoms. The van der Waals surface area contributed by atoms with Crippen molar-refractivity contribution in [2.45, 2.75) is 0 Å². The van der Waals surface area contributed by atoms with Crippen LogP contribution in [-0.4, -0.2) is 13.1 Å². The third-order valence-corrected chi connectivity index (χ3v) is 3.73. The maximum atomic E-state index is 11.3. The van der Waals surface area contributed by atoms with E-state index in [4.69, 9.17) is 28.9 Å². The summed E-state index contributed by atoms with van der Waals surface area (Å²) >= 11 is 13.7. The molecule has 0 aliphatic rings. The Morgan fingerprint density at radius 2 is 2.14 bits per heavy atom. The van der Waals surface area contributed by atoms with Crippen LogP contribution in [0.5, 0.6) is 0 Å². The lowest BCUT2D eigenvalue weighted by molar-refractivity contribution is 0.0601. The van der Waals surface area contributed by atoms with Crippen molar-refractivity contribution in [3.63, 3.8) is 0 Å². The zero-order valence-corrected chi connectivity index (χ0v) is 10.8. The lowest BCUT2D eigenvalue weighted by Gasteiger charge is -2.08. The number of nitrogen functional groups attached to an aromatic ring is 1. The molecule has 1 aromatic rings. The van der Waals surface area contributed by atoms with E-state index in [1.807, 2.05) is 22.6 Å². The third kappa shape index (κ3) is 2.07. The van der Waals surface area contributed by atoms with Crippen LogP contribution in [0.4, 0.5) is 5.69 Å². The number of carbonyl (C=O) groups excluding carboxylic acids is 1. The van der Waals surface area contributed by atoms with Crippen molar-refractivity contribution in [1.29, 1.82) is 0 Å². The van der Waals surface area contributed by atoms with Gasteiger partial charge < -0.3 is 10.5 Å². The van der Waals surface area contributed by atoms with Gasteiger partial charge in [0.2, 0.25) is 0 Å². The molecule has 0 aromatic heterocycles. The van der Waals surface area contributed by atoms with Crippen molar-refractivity contribution in [2.24, 2.45) is 0 Å². The molecule has 1 aromatic carbocycles. The van der Waals surface area contributed by atoms with Crippen LogP contribution < -0.4 is 5.73 Å². The van der Waals surface area contributed by atoms with Crippen LogP contribution in [0.25, 0.3) is 0 Å². The van der Waals surface area contributed by atoms with Crippen molar-refractivity contribution < 1.29 is 9.53 Å². The number of methoxy groups -OCH3 is 1. The van der Waals surface area contributed by atoms with Crippen molar-refractivity contribution in [3.05, 3.63) is 25.2 Å². The molecule has 14 heavy (non-hydrogen) atoms. The molecular weight excluding hydrogens is 340 g/mol. The fraction of sp³-hybridized carbons (Fsp3) is 0.125. The van der Waals surface area contributed by atoms with Gasteiger partial charge in [0.15, 0.2) is 0 Å². The molecule has 0 unspecified atom stereocenters. The molecule has 76 valence electrons. The number of ether oxygens (including phenoxy) is 1. The number of benzene rings is 1. The summed E-state index contributed by atoms with van der Waals surface area (Å²) in [6.45, 7) is 0. The number of anilines is 1. The second-order valence-corrected chi connectivity index (χ2v) is 4.31. The predicted octanol–water partition coefficient (Wildman–Crippen LogP) is 2.97. The van der Waals surface area contributed by atoms with Crippen LogP contribution in [0.3, 0.4) is 0 Å². The minimum atomic E-state index is -0.571. The number of rotatable bonds is 1. The lowest BCUT2D eigenvalue weighted by Crippen LogP contribution is -2.05. The van der Waals surface area contributed by atoms with Gasteiger partial charge in [-0.1, -0.05) is 23.2 Å². The Morgan fingerprint density at radius 1 is 1.57 bits per heavy atom. The van der Waals surface area contributed by atoms with Crippen molar-refractivity contribution >= 4 is 57.4 Å². The fourth-order valence-corrected chi connectivity index (χ4v) is 1.95. The van der Waals surface area contributed by atoms with Crippen molar-refractivity contribution in [1.82, 2.24) is 0 Å². The summed E-state index contributed by atoms with van der Waals surface area (Å²) in [6, 6.07) is 1.47. The third-order valence-electron chi connectivity index (χ3n) is 1.58. The molecule has 0 aliphatic carbocycles. The highest BCUT2D eigenvalue weighted by Crippen LogP contribution is 2.33. The highest BCUT2D eigenvalue weighted by molar-refractivity contribution is 14.1. The Morgan fingerprint density at radius 3 is 2.64 bits per heavy atom. The van der Waals surface area contributed by atoms with Gasteiger partial charge in [0, 0.05) is 5.69 Å². The second-order valence-electron chi connectivity index (χ2n) is 2.44. The molecule has 6 heteroatoms. The summed E-state index contributed by atoms with van der Waals surface area (Å²) in [4.78, 5) is 11.3. The van der Waals surface area contributed by atoms with E-state index in [9.17, 15) is 4.79 Å². The van der Waals surface area contributed by atoms with Crippen LogP contribution in [0, 0.1) is 3.57 Å². The van der Waals surface area contributed by atoms with E-state index in [-0.39, 0.29) is 15.6 Å². The minimum Gasteiger partial charge on any atom is -0.465 e. The monoisotopic (exact) mass is 345 g/mol. The summed E-state index contributed by atoms with van der Waals surface area (Å²) in [5, 5.41) is 0.419. The van der Waals surface area contributed by atoms with Crippen LogP contribution in [0.15, 0.2) is 6.07 Å². The number of nitrogens with two attached hydrogens (primary N) is 1. The molecule has 0 saturated heterocycles. The fourth-order valence-electron chi connectivity index (χ4n) is 0.903. The Kier molecular flexibility index (Phi) is 3.86. The molecule has 0 radical (unpaired) electrons. The van der Waals surface area contributed by atoms with Gasteiger partial charge in [-0.15, -0.1) is 0 Å². The summed E-state index contributed by atoms with van der Waals surface area (Å²) in [5.41, 5.74) is 6.19. The van der Waals surface area contributed by atoms with Gasteiger partial charge >= 0.3 is 5.97 Å². The number of halogens is 3. The maximum absolute atomic E-state index is 11.3. The van der Waals surface area contributed by atoms with Gasteiger partial charge in [-0.3, -0.25) is 0 Å². The van der Waals surface area contributed by atoms with E-state index in [2.05, 4.69) is 4.74 Å². The molecule has 0 aliphatic heterocycles. The average Bonchev–Trinajstić information content (AvgIpc) is 2.14. The zero-order valence-electron chi connectivity index (χ0n) is 7.11. The van der Waals surface area contributed by atoms with E-state index in [1.165, 1.54) is 13.2 Å². The Labute approximate surface area is 105 Å². The summed E-state index contributed by atoms with van der Waals surface area (Å²) in [5.74, 6) is -0.571. The van der Waals surface area contributed by atoms with Crippen LogP contribution in [-0.2, 0) is 4.74 Å². The first-order valence-corrected chi connectivity index (χ1v) is 5.33. The molecule has 3 nitrogen and oxygen atoms in total. The number of carbonyl (C=O) groups is 1. The number of hydrogen-bond donors (Lipinski definition) is 1. The maximum Gasteiger partial charge on any atom is 0.340 e. The first-order chi connectivity index (χ1) is 6.49. The van der Waals surface area contributed by atoms with Gasteiger partial charge in [0.05, 0.1) is 26.3 Å². The highest BCUT2D eigenvalue weighted by atomic mass is 127. The van der Waals surface area contributed by atoms with Crippen molar-refractivity contribution in [2.75, 3.05) is 12.8 Å². The molecule has 1 rings (SSSR count). The normalized spacial score (nSPS) is 10.0. The molecule has 0 spiro atoms.